The highest BCUT2D eigenvalue weighted by atomic mass is 16.6. The summed E-state index contributed by atoms with van der Waals surface area (Å²) in [6, 6.07) is 0. The first-order valence-electron chi connectivity index (χ1n) is 6.82. The minimum absolute atomic E-state index is 0.196. The van der Waals surface area contributed by atoms with E-state index in [9.17, 15) is 14.7 Å². The summed E-state index contributed by atoms with van der Waals surface area (Å²) >= 11 is 0. The van der Waals surface area contributed by atoms with Gasteiger partial charge in [0.05, 0.1) is 6.10 Å². The molecular formula is C14H25NO5. The first kappa shape index (κ1) is 16.8. The van der Waals surface area contributed by atoms with E-state index in [0.29, 0.717) is 6.61 Å². The van der Waals surface area contributed by atoms with E-state index >= 15 is 0 Å². The molecular weight excluding hydrogens is 262 g/mol. The van der Waals surface area contributed by atoms with E-state index < -0.39 is 28.6 Å². The Hall–Kier alpha value is -1.30. The molecule has 0 aromatic rings. The molecule has 0 spiro atoms. The largest absolute Gasteiger partial charge is 0.479 e. The lowest BCUT2D eigenvalue weighted by Crippen LogP contribution is -2.76. The second-order valence-corrected chi connectivity index (χ2v) is 6.71. The summed E-state index contributed by atoms with van der Waals surface area (Å²) in [6.07, 6.45) is -0.677. The van der Waals surface area contributed by atoms with Gasteiger partial charge in [0.25, 0.3) is 0 Å². The molecule has 0 bridgehead atoms. The first-order chi connectivity index (χ1) is 8.96. The van der Waals surface area contributed by atoms with Crippen LogP contribution in [0.15, 0.2) is 0 Å². The lowest BCUT2D eigenvalue weighted by molar-refractivity contribution is -0.191. The van der Waals surface area contributed by atoms with Crippen molar-refractivity contribution in [3.05, 3.63) is 0 Å². The van der Waals surface area contributed by atoms with Gasteiger partial charge in [-0.15, -0.1) is 0 Å². The maximum atomic E-state index is 11.9. The maximum Gasteiger partial charge on any atom is 0.408 e. The fourth-order valence-electron chi connectivity index (χ4n) is 2.51. The van der Waals surface area contributed by atoms with Crippen LogP contribution in [0.4, 0.5) is 4.79 Å². The van der Waals surface area contributed by atoms with Crippen LogP contribution >= 0.6 is 0 Å². The number of carboxylic acids is 1. The predicted octanol–water partition coefficient (Wildman–Crippen LogP) is 2.17. The summed E-state index contributed by atoms with van der Waals surface area (Å²) < 4.78 is 10.7. The number of carbonyl (C=O) groups is 2. The molecule has 1 aliphatic carbocycles. The average molecular weight is 287 g/mol. The first-order valence-corrected chi connectivity index (χ1v) is 6.82. The average Bonchev–Trinajstić information content (AvgIpc) is 2.24. The van der Waals surface area contributed by atoms with E-state index in [1.807, 2.05) is 6.92 Å². The number of nitrogens with one attached hydrogen (secondary N) is 1. The summed E-state index contributed by atoms with van der Waals surface area (Å²) in [5.41, 5.74) is -2.72. The molecule has 0 radical (unpaired) electrons. The summed E-state index contributed by atoms with van der Waals surface area (Å²) in [6.45, 7) is 11.1. The number of alkyl carbamates (subject to hydrolysis) is 1. The number of carboxylic acid groups (broad SMARTS) is 1. The minimum Gasteiger partial charge on any atom is -0.479 e. The zero-order valence-electron chi connectivity index (χ0n) is 13.1. The van der Waals surface area contributed by atoms with Crippen LogP contribution in [0.25, 0.3) is 0 Å². The van der Waals surface area contributed by atoms with Crippen LogP contribution in [0.5, 0.6) is 0 Å². The standard InChI is InChI=1S/C14H25NO5/c1-7-19-9-8-14(10(16)17,13(9,5)6)15-11(18)20-12(2,3)4/h9H,7-8H2,1-6H3,(H,15,18)(H,16,17)/t9-,14-/m1/s1. The third kappa shape index (κ3) is 2.90. The Balaban J connectivity index is 2.87. The van der Waals surface area contributed by atoms with Crippen molar-refractivity contribution in [2.24, 2.45) is 5.41 Å². The second-order valence-electron chi connectivity index (χ2n) is 6.71. The van der Waals surface area contributed by atoms with Crippen LogP contribution in [0.3, 0.4) is 0 Å². The molecule has 1 aliphatic rings. The quantitative estimate of drug-likeness (QED) is 0.827. The van der Waals surface area contributed by atoms with E-state index in [0.717, 1.165) is 0 Å². The number of amides is 1. The van der Waals surface area contributed by atoms with Crippen LogP contribution < -0.4 is 5.32 Å². The van der Waals surface area contributed by atoms with Crippen molar-refractivity contribution < 1.29 is 24.2 Å². The number of aliphatic carboxylic acids is 1. The van der Waals surface area contributed by atoms with Crippen LogP contribution in [0, 0.1) is 5.41 Å². The molecule has 1 amide bonds. The molecule has 6 heteroatoms. The zero-order chi connectivity index (χ0) is 15.8. The lowest BCUT2D eigenvalue weighted by atomic mass is 9.54. The smallest absolute Gasteiger partial charge is 0.408 e. The predicted molar refractivity (Wildman–Crippen MR) is 73.5 cm³/mol. The highest BCUT2D eigenvalue weighted by molar-refractivity contribution is 5.87. The molecule has 0 aromatic carbocycles. The van der Waals surface area contributed by atoms with Crippen LogP contribution in [0.1, 0.15) is 48.0 Å². The van der Waals surface area contributed by atoms with Gasteiger partial charge in [0, 0.05) is 18.4 Å². The molecule has 0 aliphatic heterocycles. The third-order valence-corrected chi connectivity index (χ3v) is 3.84. The Kier molecular flexibility index (Phi) is 4.39. The maximum absolute atomic E-state index is 11.9. The Bertz CT molecular complexity index is 399. The number of ether oxygens (including phenoxy) is 2. The summed E-state index contributed by atoms with van der Waals surface area (Å²) in [5, 5.41) is 12.1. The SMILES string of the molecule is CCO[C@@H]1C[C@@](NC(=O)OC(C)(C)C)(C(=O)O)C1(C)C. The molecule has 0 unspecified atom stereocenters. The van der Waals surface area contributed by atoms with Gasteiger partial charge in [0.15, 0.2) is 5.54 Å². The normalized spacial score (nSPS) is 28.4. The Morgan fingerprint density at radius 3 is 2.25 bits per heavy atom. The van der Waals surface area contributed by atoms with E-state index in [2.05, 4.69) is 5.32 Å². The molecule has 20 heavy (non-hydrogen) atoms. The van der Waals surface area contributed by atoms with Crippen LogP contribution in [-0.2, 0) is 14.3 Å². The minimum atomic E-state index is -1.35. The third-order valence-electron chi connectivity index (χ3n) is 3.84. The van der Waals surface area contributed by atoms with Crippen molar-refractivity contribution in [1.82, 2.24) is 5.32 Å². The Labute approximate surface area is 119 Å². The van der Waals surface area contributed by atoms with Crippen molar-refractivity contribution in [3.63, 3.8) is 0 Å². The summed E-state index contributed by atoms with van der Waals surface area (Å²) in [5.74, 6) is -1.07. The summed E-state index contributed by atoms with van der Waals surface area (Å²) in [4.78, 5) is 23.5. The van der Waals surface area contributed by atoms with Crippen molar-refractivity contribution in [1.29, 1.82) is 0 Å². The zero-order valence-corrected chi connectivity index (χ0v) is 13.1. The molecule has 2 N–H and O–H groups in total. The van der Waals surface area contributed by atoms with E-state index in [-0.39, 0.29) is 12.5 Å². The molecule has 0 aromatic heterocycles. The van der Waals surface area contributed by atoms with E-state index in [1.54, 1.807) is 34.6 Å². The van der Waals surface area contributed by atoms with Crippen molar-refractivity contribution >= 4 is 12.1 Å². The van der Waals surface area contributed by atoms with Crippen LogP contribution in [-0.4, -0.2) is 41.0 Å². The van der Waals surface area contributed by atoms with Gasteiger partial charge < -0.3 is 19.9 Å². The van der Waals surface area contributed by atoms with Gasteiger partial charge >= 0.3 is 12.1 Å². The number of hydrogen-bond donors (Lipinski definition) is 2. The fraction of sp³-hybridized carbons (Fsp3) is 0.857. The highest BCUT2D eigenvalue weighted by Crippen LogP contribution is 2.51. The van der Waals surface area contributed by atoms with Crippen LogP contribution in [0.2, 0.25) is 0 Å². The number of rotatable bonds is 4. The van der Waals surface area contributed by atoms with Gasteiger partial charge in [0.1, 0.15) is 5.60 Å². The molecule has 116 valence electrons. The summed E-state index contributed by atoms with van der Waals surface area (Å²) in [7, 11) is 0. The van der Waals surface area contributed by atoms with E-state index in [1.165, 1.54) is 0 Å². The monoisotopic (exact) mass is 287 g/mol. The highest BCUT2D eigenvalue weighted by Gasteiger charge is 2.66. The van der Waals surface area contributed by atoms with E-state index in [4.69, 9.17) is 9.47 Å². The molecule has 0 saturated heterocycles. The van der Waals surface area contributed by atoms with Crippen molar-refractivity contribution in [3.8, 4) is 0 Å². The van der Waals surface area contributed by atoms with Gasteiger partial charge in [0.2, 0.25) is 0 Å². The number of hydrogen-bond acceptors (Lipinski definition) is 4. The molecule has 6 nitrogen and oxygen atoms in total. The van der Waals surface area contributed by atoms with Gasteiger partial charge in [-0.1, -0.05) is 13.8 Å². The number of carbonyl (C=O) groups excluding carboxylic acids is 1. The molecule has 1 fully saturated rings. The Morgan fingerprint density at radius 1 is 1.35 bits per heavy atom. The Morgan fingerprint density at radius 2 is 1.90 bits per heavy atom. The van der Waals surface area contributed by atoms with Crippen molar-refractivity contribution in [2.45, 2.75) is 65.2 Å². The second kappa shape index (κ2) is 5.24. The van der Waals surface area contributed by atoms with Crippen molar-refractivity contribution in [2.75, 3.05) is 6.61 Å². The molecule has 1 saturated carbocycles. The van der Waals surface area contributed by atoms with Gasteiger partial charge in [-0.3, -0.25) is 0 Å². The van der Waals surface area contributed by atoms with Gasteiger partial charge in [-0.2, -0.15) is 0 Å². The molecule has 0 heterocycles. The van der Waals surface area contributed by atoms with Gasteiger partial charge in [-0.25, -0.2) is 9.59 Å². The fourth-order valence-corrected chi connectivity index (χ4v) is 2.51. The molecule has 2 atom stereocenters. The lowest BCUT2D eigenvalue weighted by Gasteiger charge is -2.58. The van der Waals surface area contributed by atoms with Gasteiger partial charge in [-0.05, 0) is 27.7 Å². The molecule has 1 rings (SSSR count). The topological polar surface area (TPSA) is 84.9 Å².